The summed E-state index contributed by atoms with van der Waals surface area (Å²) in [5.74, 6) is -0.263. The molecule has 2 aromatic carbocycles. The van der Waals surface area contributed by atoms with Gasteiger partial charge in [0.2, 0.25) is 5.91 Å². The third kappa shape index (κ3) is 4.18. The van der Waals surface area contributed by atoms with Gasteiger partial charge in [0.1, 0.15) is 6.33 Å². The molecule has 0 aliphatic heterocycles. The van der Waals surface area contributed by atoms with Gasteiger partial charge in [-0.2, -0.15) is 0 Å². The van der Waals surface area contributed by atoms with Crippen molar-refractivity contribution in [3.05, 3.63) is 70.5 Å². The fourth-order valence-electron chi connectivity index (χ4n) is 2.00. The number of nitrogens with zero attached hydrogens (tertiary/aromatic N) is 4. The number of hydrogen-bond donors (Lipinski definition) is 1. The Labute approximate surface area is 147 Å². The average Bonchev–Trinajstić information content (AvgIpc) is 3.07. The van der Waals surface area contributed by atoms with Gasteiger partial charge in [-0.3, -0.25) is 4.79 Å². The Bertz CT molecular complexity index is 856. The van der Waals surface area contributed by atoms with Gasteiger partial charge in [0.05, 0.1) is 5.69 Å². The molecule has 0 saturated heterocycles. The van der Waals surface area contributed by atoms with E-state index < -0.39 is 0 Å². The summed E-state index contributed by atoms with van der Waals surface area (Å²) < 4.78 is 1.52. The monoisotopic (exact) mass is 359 g/mol. The summed E-state index contributed by atoms with van der Waals surface area (Å²) in [5.41, 5.74) is 2.20. The minimum atomic E-state index is -0.263. The molecule has 3 rings (SSSR count). The minimum Gasteiger partial charge on any atom is -0.323 e. The van der Waals surface area contributed by atoms with Gasteiger partial charge >= 0.3 is 0 Å². The highest BCUT2D eigenvalue weighted by Gasteiger charge is 2.01. The van der Waals surface area contributed by atoms with E-state index >= 15 is 0 Å². The predicted molar refractivity (Wildman–Crippen MR) is 93.3 cm³/mol. The van der Waals surface area contributed by atoms with Crippen LogP contribution < -0.4 is 5.32 Å². The Morgan fingerprint density at radius 2 is 1.79 bits per heavy atom. The highest BCUT2D eigenvalue weighted by atomic mass is 35.5. The van der Waals surface area contributed by atoms with Crippen molar-refractivity contribution < 1.29 is 4.79 Å². The van der Waals surface area contributed by atoms with Gasteiger partial charge in [0, 0.05) is 21.8 Å². The molecular formula is C16H11Cl2N5O. The number of anilines is 1. The Morgan fingerprint density at radius 1 is 1.08 bits per heavy atom. The van der Waals surface area contributed by atoms with E-state index in [2.05, 4.69) is 20.8 Å². The molecule has 8 heteroatoms. The zero-order valence-corrected chi connectivity index (χ0v) is 13.7. The van der Waals surface area contributed by atoms with Crippen LogP contribution in [0.25, 0.3) is 11.8 Å². The maximum Gasteiger partial charge on any atom is 0.248 e. The highest BCUT2D eigenvalue weighted by Crippen LogP contribution is 2.20. The van der Waals surface area contributed by atoms with Crippen LogP contribution in [-0.2, 0) is 4.79 Å². The largest absolute Gasteiger partial charge is 0.323 e. The normalized spacial score (nSPS) is 10.9. The summed E-state index contributed by atoms with van der Waals surface area (Å²) >= 11 is 11.8. The van der Waals surface area contributed by atoms with E-state index in [1.165, 1.54) is 17.1 Å². The van der Waals surface area contributed by atoms with E-state index in [0.717, 1.165) is 11.3 Å². The number of amides is 1. The van der Waals surface area contributed by atoms with Crippen molar-refractivity contribution in [1.82, 2.24) is 20.2 Å². The van der Waals surface area contributed by atoms with Crippen molar-refractivity contribution in [2.45, 2.75) is 0 Å². The molecule has 0 bridgehead atoms. The number of rotatable bonds is 4. The number of halogens is 2. The smallest absolute Gasteiger partial charge is 0.248 e. The molecule has 1 amide bonds. The second-order valence-electron chi connectivity index (χ2n) is 4.83. The number of carbonyl (C=O) groups excluding carboxylic acids is 1. The van der Waals surface area contributed by atoms with E-state index in [1.807, 2.05) is 0 Å². The Hall–Kier alpha value is -2.70. The van der Waals surface area contributed by atoms with Crippen LogP contribution in [0.4, 0.5) is 5.69 Å². The maximum absolute atomic E-state index is 12.0. The molecule has 0 fully saturated rings. The lowest BCUT2D eigenvalue weighted by Gasteiger charge is -2.04. The molecule has 0 aliphatic rings. The predicted octanol–water partition coefficient (Wildman–Crippen LogP) is 3.62. The third-order valence-corrected chi connectivity index (χ3v) is 3.50. The summed E-state index contributed by atoms with van der Waals surface area (Å²) in [6.45, 7) is 0. The lowest BCUT2D eigenvalue weighted by atomic mass is 10.2. The quantitative estimate of drug-likeness (QED) is 0.722. The summed E-state index contributed by atoms with van der Waals surface area (Å²) in [7, 11) is 0. The van der Waals surface area contributed by atoms with E-state index in [9.17, 15) is 4.79 Å². The van der Waals surface area contributed by atoms with Crippen LogP contribution in [0, 0.1) is 0 Å². The second kappa shape index (κ2) is 7.25. The Morgan fingerprint density at radius 3 is 2.42 bits per heavy atom. The first-order valence-corrected chi connectivity index (χ1v) is 7.64. The topological polar surface area (TPSA) is 72.7 Å². The number of aromatic nitrogens is 4. The van der Waals surface area contributed by atoms with E-state index in [1.54, 1.807) is 48.5 Å². The summed E-state index contributed by atoms with van der Waals surface area (Å²) in [4.78, 5) is 12.0. The fourth-order valence-corrected chi connectivity index (χ4v) is 2.55. The molecule has 1 N–H and O–H groups in total. The van der Waals surface area contributed by atoms with Gasteiger partial charge in [0.25, 0.3) is 0 Å². The molecule has 3 aromatic rings. The molecule has 0 atom stereocenters. The van der Waals surface area contributed by atoms with Gasteiger partial charge < -0.3 is 5.32 Å². The van der Waals surface area contributed by atoms with Crippen molar-refractivity contribution in [3.8, 4) is 5.69 Å². The maximum atomic E-state index is 12.0. The van der Waals surface area contributed by atoms with Crippen LogP contribution in [0.15, 0.2) is 54.9 Å². The fraction of sp³-hybridized carbons (Fsp3) is 0. The highest BCUT2D eigenvalue weighted by molar-refractivity contribution is 6.34. The molecule has 0 radical (unpaired) electrons. The second-order valence-corrected chi connectivity index (χ2v) is 5.70. The zero-order chi connectivity index (χ0) is 16.9. The zero-order valence-electron chi connectivity index (χ0n) is 12.2. The first-order valence-electron chi connectivity index (χ1n) is 6.89. The number of carbonyl (C=O) groups is 1. The molecule has 0 unspecified atom stereocenters. The molecule has 0 saturated carbocycles. The van der Waals surface area contributed by atoms with E-state index in [-0.39, 0.29) is 5.91 Å². The van der Waals surface area contributed by atoms with Crippen LogP contribution in [0.2, 0.25) is 10.0 Å². The van der Waals surface area contributed by atoms with Crippen molar-refractivity contribution in [2.24, 2.45) is 0 Å². The van der Waals surface area contributed by atoms with Crippen molar-refractivity contribution in [1.29, 1.82) is 0 Å². The summed E-state index contributed by atoms with van der Waals surface area (Å²) in [6.07, 6.45) is 4.55. The Balaban J connectivity index is 1.65. The van der Waals surface area contributed by atoms with Crippen molar-refractivity contribution in [3.63, 3.8) is 0 Å². The van der Waals surface area contributed by atoms with Gasteiger partial charge in [-0.15, -0.1) is 5.10 Å². The van der Waals surface area contributed by atoms with E-state index in [4.69, 9.17) is 23.2 Å². The van der Waals surface area contributed by atoms with Gasteiger partial charge in [0.15, 0.2) is 0 Å². The molecular weight excluding hydrogens is 349 g/mol. The van der Waals surface area contributed by atoms with Crippen LogP contribution >= 0.6 is 23.2 Å². The van der Waals surface area contributed by atoms with Crippen LogP contribution in [-0.4, -0.2) is 26.1 Å². The van der Waals surface area contributed by atoms with Gasteiger partial charge in [-0.05, 0) is 64.5 Å². The first kappa shape index (κ1) is 16.2. The standard InChI is InChI=1S/C16H11Cl2N5O/c17-12-7-11(8-13(18)9-12)1-6-16(24)20-14-2-4-15(5-3-14)23-10-19-21-22-23/h1-10H,(H,20,24)/b6-1+. The van der Waals surface area contributed by atoms with Crippen LogP contribution in [0.5, 0.6) is 0 Å². The lowest BCUT2D eigenvalue weighted by molar-refractivity contribution is -0.111. The number of tetrazole rings is 1. The number of nitrogens with one attached hydrogen (secondary N) is 1. The molecule has 1 heterocycles. The summed E-state index contributed by atoms with van der Waals surface area (Å²) in [5, 5.41) is 14.7. The van der Waals surface area contributed by atoms with Gasteiger partial charge in [-0.25, -0.2) is 4.68 Å². The molecule has 1 aromatic heterocycles. The molecule has 6 nitrogen and oxygen atoms in total. The lowest BCUT2D eigenvalue weighted by Crippen LogP contribution is -2.07. The van der Waals surface area contributed by atoms with Gasteiger partial charge in [-0.1, -0.05) is 23.2 Å². The third-order valence-electron chi connectivity index (χ3n) is 3.06. The molecule has 0 spiro atoms. The molecule has 120 valence electrons. The molecule has 24 heavy (non-hydrogen) atoms. The van der Waals surface area contributed by atoms with Crippen molar-refractivity contribution in [2.75, 3.05) is 5.32 Å². The SMILES string of the molecule is O=C(/C=C/c1cc(Cl)cc(Cl)c1)Nc1ccc(-n2cnnn2)cc1. The first-order chi connectivity index (χ1) is 11.6. The number of benzene rings is 2. The van der Waals surface area contributed by atoms with Crippen LogP contribution in [0.3, 0.4) is 0 Å². The van der Waals surface area contributed by atoms with E-state index in [0.29, 0.717) is 15.7 Å². The Kier molecular flexibility index (Phi) is 4.88. The average molecular weight is 360 g/mol. The molecule has 0 aliphatic carbocycles. The minimum absolute atomic E-state index is 0.263. The van der Waals surface area contributed by atoms with Crippen LogP contribution in [0.1, 0.15) is 5.56 Å². The summed E-state index contributed by atoms with van der Waals surface area (Å²) in [6, 6.07) is 12.2. The van der Waals surface area contributed by atoms with Crippen molar-refractivity contribution >= 4 is 40.9 Å². The number of hydrogen-bond acceptors (Lipinski definition) is 4.